The van der Waals surface area contributed by atoms with E-state index in [4.69, 9.17) is 4.98 Å². The summed E-state index contributed by atoms with van der Waals surface area (Å²) in [5.74, 6) is 1.25. The molecule has 0 unspecified atom stereocenters. The Hall–Kier alpha value is -3.91. The molecule has 1 fully saturated rings. The summed E-state index contributed by atoms with van der Waals surface area (Å²) in [5.41, 5.74) is -1.59. The summed E-state index contributed by atoms with van der Waals surface area (Å²) < 4.78 is 83.1. The van der Waals surface area contributed by atoms with Gasteiger partial charge >= 0.3 is 12.4 Å². The topological polar surface area (TPSA) is 80.8 Å². The third-order valence-corrected chi connectivity index (χ3v) is 7.31. The van der Waals surface area contributed by atoms with E-state index in [2.05, 4.69) is 25.4 Å². The molecule has 3 heterocycles. The van der Waals surface area contributed by atoms with Gasteiger partial charge in [0.15, 0.2) is 5.65 Å². The number of aryl methyl sites for hydroxylation is 2. The molecule has 5 rings (SSSR count). The summed E-state index contributed by atoms with van der Waals surface area (Å²) in [5, 5.41) is 17.1. The summed E-state index contributed by atoms with van der Waals surface area (Å²) in [6.45, 7) is 3.17. The number of halogens is 6. The Kier molecular flexibility index (Phi) is 7.55. The van der Waals surface area contributed by atoms with Crippen LogP contribution in [0.4, 0.5) is 38.1 Å². The summed E-state index contributed by atoms with van der Waals surface area (Å²) in [4.78, 5) is 9.74. The van der Waals surface area contributed by atoms with E-state index in [1.54, 1.807) is 17.9 Å². The van der Waals surface area contributed by atoms with Crippen molar-refractivity contribution in [3.63, 3.8) is 0 Å². The zero-order valence-electron chi connectivity index (χ0n) is 22.7. The lowest BCUT2D eigenvalue weighted by molar-refractivity contribution is -0.143. The zero-order valence-corrected chi connectivity index (χ0v) is 22.7. The Bertz CT molecular complexity index is 1490. The van der Waals surface area contributed by atoms with Gasteiger partial charge in [0.2, 0.25) is 0 Å². The smallest absolute Gasteiger partial charge is 0.356 e. The van der Waals surface area contributed by atoms with E-state index in [9.17, 15) is 26.3 Å². The number of benzene rings is 1. The van der Waals surface area contributed by atoms with Crippen molar-refractivity contribution >= 4 is 22.8 Å². The monoisotopic (exact) mass is 581 g/mol. The number of anilines is 2. The molecule has 0 atom stereocenters. The van der Waals surface area contributed by atoms with Crippen LogP contribution in [0.25, 0.3) is 11.0 Å². The van der Waals surface area contributed by atoms with E-state index in [0.29, 0.717) is 29.5 Å². The van der Waals surface area contributed by atoms with E-state index < -0.39 is 23.5 Å². The lowest BCUT2D eigenvalue weighted by atomic mass is 9.85. The maximum Gasteiger partial charge on any atom is 0.416 e. The molecule has 1 aliphatic carbocycles. The fraction of sp³-hybridized carbons (Fsp3) is 0.500. The van der Waals surface area contributed by atoms with E-state index in [1.807, 2.05) is 13.0 Å². The Morgan fingerprint density at radius 2 is 1.61 bits per heavy atom. The maximum absolute atomic E-state index is 13.6. The molecule has 1 aliphatic rings. The predicted molar refractivity (Wildman–Crippen MR) is 139 cm³/mol. The molecule has 0 radical (unpaired) electrons. The molecule has 0 N–H and O–H groups in total. The molecule has 1 aromatic carbocycles. The van der Waals surface area contributed by atoms with Gasteiger partial charge in [-0.25, -0.2) is 4.98 Å². The molecule has 0 spiro atoms. The van der Waals surface area contributed by atoms with Crippen molar-refractivity contribution in [2.45, 2.75) is 51.6 Å². The second-order valence-electron chi connectivity index (χ2n) is 10.3. The Labute approximate surface area is 231 Å². The molecule has 220 valence electrons. The first-order valence-electron chi connectivity index (χ1n) is 13.2. The SMILES string of the molecule is CCN(CC1CCC1)c1nc2c(cnn2C)cc1CN(Cc1cc(C(F)(F)F)cc(C(F)(F)F)c1)c1nnn(C)n1. The summed E-state index contributed by atoms with van der Waals surface area (Å²) in [6, 6.07) is 3.45. The first-order chi connectivity index (χ1) is 19.3. The quantitative estimate of drug-likeness (QED) is 0.246. The molecule has 41 heavy (non-hydrogen) atoms. The van der Waals surface area contributed by atoms with Gasteiger partial charge in [0.25, 0.3) is 5.95 Å². The zero-order chi connectivity index (χ0) is 29.5. The van der Waals surface area contributed by atoms with Gasteiger partial charge in [0.05, 0.1) is 24.4 Å². The van der Waals surface area contributed by atoms with Gasteiger partial charge in [-0.2, -0.15) is 36.2 Å². The number of rotatable bonds is 9. The van der Waals surface area contributed by atoms with E-state index in [1.165, 1.54) is 23.2 Å². The third kappa shape index (κ3) is 6.22. The number of hydrogen-bond donors (Lipinski definition) is 0. The van der Waals surface area contributed by atoms with Gasteiger partial charge in [0, 0.05) is 44.2 Å². The van der Waals surface area contributed by atoms with Crippen LogP contribution in [0.2, 0.25) is 0 Å². The van der Waals surface area contributed by atoms with Gasteiger partial charge in [0.1, 0.15) is 5.82 Å². The standard InChI is InChI=1S/C26H29F6N9/c1-4-40(13-16-6-5-7-16)23-19(10-18-12-33-38(2)22(18)34-23)15-41(24-35-37-39(3)36-24)14-17-8-20(25(27,28)29)11-21(9-17)26(30,31)32/h8-12,16H,4-7,13-15H2,1-3H3. The van der Waals surface area contributed by atoms with Gasteiger partial charge in [-0.3, -0.25) is 4.68 Å². The molecular weight excluding hydrogens is 552 g/mol. The van der Waals surface area contributed by atoms with Gasteiger partial charge in [-0.15, -0.1) is 5.10 Å². The molecule has 0 aliphatic heterocycles. The molecule has 1 saturated carbocycles. The van der Waals surface area contributed by atoms with Crippen LogP contribution in [0.3, 0.4) is 0 Å². The minimum atomic E-state index is -4.96. The Morgan fingerprint density at radius 3 is 2.15 bits per heavy atom. The van der Waals surface area contributed by atoms with E-state index >= 15 is 0 Å². The van der Waals surface area contributed by atoms with Crippen molar-refractivity contribution in [2.24, 2.45) is 20.0 Å². The van der Waals surface area contributed by atoms with Crippen molar-refractivity contribution in [1.29, 1.82) is 0 Å². The third-order valence-electron chi connectivity index (χ3n) is 7.31. The molecule has 15 heteroatoms. The summed E-state index contributed by atoms with van der Waals surface area (Å²) >= 11 is 0. The van der Waals surface area contributed by atoms with Crippen molar-refractivity contribution < 1.29 is 26.3 Å². The van der Waals surface area contributed by atoms with Crippen LogP contribution in [-0.4, -0.2) is 48.1 Å². The highest BCUT2D eigenvalue weighted by molar-refractivity contribution is 5.78. The first-order valence-corrected chi connectivity index (χ1v) is 13.2. The number of nitrogens with zero attached hydrogens (tertiary/aromatic N) is 9. The van der Waals surface area contributed by atoms with E-state index in [0.717, 1.165) is 36.9 Å². The molecule has 3 aromatic heterocycles. The number of pyridine rings is 1. The van der Waals surface area contributed by atoms with Crippen LogP contribution in [0.15, 0.2) is 30.5 Å². The van der Waals surface area contributed by atoms with Crippen molar-refractivity contribution in [2.75, 3.05) is 22.9 Å². The number of tetrazole rings is 1. The van der Waals surface area contributed by atoms with Gasteiger partial charge < -0.3 is 9.80 Å². The Morgan fingerprint density at radius 1 is 0.927 bits per heavy atom. The maximum atomic E-state index is 13.6. The minimum absolute atomic E-state index is 0.0532. The fourth-order valence-corrected chi connectivity index (χ4v) is 4.99. The van der Waals surface area contributed by atoms with Gasteiger partial charge in [-0.05, 0) is 60.7 Å². The average molecular weight is 582 g/mol. The summed E-state index contributed by atoms with van der Waals surface area (Å²) in [7, 11) is 3.30. The van der Waals surface area contributed by atoms with E-state index in [-0.39, 0.29) is 30.7 Å². The number of aromatic nitrogens is 7. The lowest BCUT2D eigenvalue weighted by Gasteiger charge is -2.34. The summed E-state index contributed by atoms with van der Waals surface area (Å²) in [6.07, 6.45) is -4.86. The highest BCUT2D eigenvalue weighted by atomic mass is 19.4. The second-order valence-corrected chi connectivity index (χ2v) is 10.3. The van der Waals surface area contributed by atoms with Crippen LogP contribution in [0, 0.1) is 5.92 Å². The van der Waals surface area contributed by atoms with Gasteiger partial charge in [-0.1, -0.05) is 11.5 Å². The highest BCUT2D eigenvalue weighted by Gasteiger charge is 2.37. The number of alkyl halides is 6. The predicted octanol–water partition coefficient (Wildman–Crippen LogP) is 5.36. The minimum Gasteiger partial charge on any atom is -0.356 e. The average Bonchev–Trinajstić information content (AvgIpc) is 3.47. The second kappa shape index (κ2) is 10.8. The number of hydrogen-bond acceptors (Lipinski definition) is 7. The normalized spacial score (nSPS) is 14.5. The largest absolute Gasteiger partial charge is 0.416 e. The molecular formula is C26H29F6N9. The van der Waals surface area contributed by atoms with Crippen molar-refractivity contribution in [3.8, 4) is 0 Å². The number of fused-ring (bicyclic) bond motifs is 1. The highest BCUT2D eigenvalue weighted by Crippen LogP contribution is 2.37. The van der Waals surface area contributed by atoms with Crippen LogP contribution in [0.5, 0.6) is 0 Å². The fourth-order valence-electron chi connectivity index (χ4n) is 4.99. The van der Waals surface area contributed by atoms with Crippen molar-refractivity contribution in [1.82, 2.24) is 35.0 Å². The lowest BCUT2D eigenvalue weighted by Crippen LogP contribution is -2.34. The van der Waals surface area contributed by atoms with Crippen LogP contribution in [-0.2, 0) is 39.5 Å². The first kappa shape index (κ1) is 28.6. The molecule has 4 aromatic rings. The van der Waals surface area contributed by atoms with Crippen molar-refractivity contribution in [3.05, 3.63) is 52.7 Å². The molecule has 0 saturated heterocycles. The molecule has 9 nitrogen and oxygen atoms in total. The van der Waals surface area contributed by atoms with Crippen LogP contribution in [0.1, 0.15) is 48.4 Å². The molecule has 0 bridgehead atoms. The molecule has 0 amide bonds. The van der Waals surface area contributed by atoms with Crippen LogP contribution >= 0.6 is 0 Å². The van der Waals surface area contributed by atoms with Crippen LogP contribution < -0.4 is 9.80 Å². The Balaban J connectivity index is 1.58.